The van der Waals surface area contributed by atoms with E-state index in [0.717, 1.165) is 22.8 Å². The van der Waals surface area contributed by atoms with Crippen LogP contribution < -0.4 is 14.9 Å². The van der Waals surface area contributed by atoms with Crippen LogP contribution in [0.15, 0.2) is 41.5 Å². The number of nitrogens with zero attached hydrogens (tertiary/aromatic N) is 1. The van der Waals surface area contributed by atoms with Gasteiger partial charge in [0.2, 0.25) is 0 Å². The number of hydrogen-bond acceptors (Lipinski definition) is 5. The second-order valence-corrected chi connectivity index (χ2v) is 5.65. The fourth-order valence-electron chi connectivity index (χ4n) is 2.64. The number of phenolic OH excluding ortho intramolecular Hbond substituents is 1. The first-order chi connectivity index (χ1) is 11.1. The molecule has 0 saturated heterocycles. The van der Waals surface area contributed by atoms with Crippen LogP contribution in [0.2, 0.25) is 5.02 Å². The van der Waals surface area contributed by atoms with Crippen molar-refractivity contribution in [1.29, 1.82) is 0 Å². The van der Waals surface area contributed by atoms with Gasteiger partial charge in [-0.3, -0.25) is 0 Å². The molecule has 0 bridgehead atoms. The first kappa shape index (κ1) is 15.5. The lowest BCUT2D eigenvalue weighted by molar-refractivity contribution is 0.386. The van der Waals surface area contributed by atoms with Crippen molar-refractivity contribution >= 4 is 17.3 Å². The Labute approximate surface area is 139 Å². The van der Waals surface area contributed by atoms with E-state index >= 15 is 0 Å². The summed E-state index contributed by atoms with van der Waals surface area (Å²) in [7, 11) is 3.24. The van der Waals surface area contributed by atoms with Crippen LogP contribution in [0, 0.1) is 0 Å². The van der Waals surface area contributed by atoms with Gasteiger partial charge in [0.05, 0.1) is 26.0 Å². The lowest BCUT2D eigenvalue weighted by Crippen LogP contribution is -2.11. The van der Waals surface area contributed by atoms with Gasteiger partial charge in [0.25, 0.3) is 0 Å². The van der Waals surface area contributed by atoms with Crippen LogP contribution in [-0.4, -0.2) is 25.0 Å². The SMILES string of the molecule is COc1ccc([C@H]2CC(c3cc(Cl)ccc3O)=NN2)c(OC)c1. The highest BCUT2D eigenvalue weighted by Crippen LogP contribution is 2.35. The van der Waals surface area contributed by atoms with Gasteiger partial charge in [0.15, 0.2) is 0 Å². The van der Waals surface area contributed by atoms with Gasteiger partial charge >= 0.3 is 0 Å². The van der Waals surface area contributed by atoms with Crippen molar-refractivity contribution in [3.63, 3.8) is 0 Å². The molecule has 120 valence electrons. The Balaban J connectivity index is 1.86. The molecule has 0 aliphatic carbocycles. The number of nitrogens with one attached hydrogen (secondary N) is 1. The Hall–Kier alpha value is -2.40. The number of methoxy groups -OCH3 is 2. The fourth-order valence-corrected chi connectivity index (χ4v) is 2.81. The van der Waals surface area contributed by atoms with Gasteiger partial charge in [-0.2, -0.15) is 5.10 Å². The fraction of sp³-hybridized carbons (Fsp3) is 0.235. The molecule has 6 heteroatoms. The molecule has 2 aromatic carbocycles. The number of hydrogen-bond donors (Lipinski definition) is 2. The minimum Gasteiger partial charge on any atom is -0.507 e. The van der Waals surface area contributed by atoms with Crippen molar-refractivity contribution in [2.24, 2.45) is 5.10 Å². The Kier molecular flexibility index (Phi) is 4.30. The van der Waals surface area contributed by atoms with Gasteiger partial charge in [-0.05, 0) is 30.3 Å². The molecule has 0 saturated carbocycles. The van der Waals surface area contributed by atoms with Gasteiger partial charge in [0, 0.05) is 28.6 Å². The van der Waals surface area contributed by atoms with E-state index in [1.807, 2.05) is 18.2 Å². The van der Waals surface area contributed by atoms with Crippen molar-refractivity contribution < 1.29 is 14.6 Å². The lowest BCUT2D eigenvalue weighted by Gasteiger charge is -2.15. The first-order valence-corrected chi connectivity index (χ1v) is 7.53. The van der Waals surface area contributed by atoms with Crippen LogP contribution in [0.4, 0.5) is 0 Å². The molecule has 3 rings (SSSR count). The maximum absolute atomic E-state index is 10.0. The van der Waals surface area contributed by atoms with E-state index in [4.69, 9.17) is 21.1 Å². The second kappa shape index (κ2) is 6.38. The third-order valence-electron chi connectivity index (χ3n) is 3.84. The van der Waals surface area contributed by atoms with Gasteiger partial charge in [-0.1, -0.05) is 11.6 Å². The quantitative estimate of drug-likeness (QED) is 0.899. The number of rotatable bonds is 4. The largest absolute Gasteiger partial charge is 0.507 e. The molecule has 1 aliphatic heterocycles. The normalized spacial score (nSPS) is 16.7. The molecule has 0 radical (unpaired) electrons. The van der Waals surface area contributed by atoms with Crippen molar-refractivity contribution in [3.8, 4) is 17.2 Å². The van der Waals surface area contributed by atoms with E-state index in [2.05, 4.69) is 10.5 Å². The van der Waals surface area contributed by atoms with Crippen molar-refractivity contribution in [1.82, 2.24) is 5.43 Å². The smallest absolute Gasteiger partial charge is 0.127 e. The Morgan fingerprint density at radius 1 is 1.17 bits per heavy atom. The zero-order valence-corrected chi connectivity index (χ0v) is 13.6. The average Bonchev–Trinajstić information content (AvgIpc) is 3.06. The predicted octanol–water partition coefficient (Wildman–Crippen LogP) is 3.50. The Bertz CT molecular complexity index is 761. The molecule has 1 heterocycles. The van der Waals surface area contributed by atoms with Crippen LogP contribution in [-0.2, 0) is 0 Å². The third kappa shape index (κ3) is 3.05. The monoisotopic (exact) mass is 332 g/mol. The number of benzene rings is 2. The minimum atomic E-state index is -0.0377. The van der Waals surface area contributed by atoms with Gasteiger partial charge < -0.3 is 20.0 Å². The summed E-state index contributed by atoms with van der Waals surface area (Å²) in [5.41, 5.74) is 5.47. The maximum atomic E-state index is 10.0. The predicted molar refractivity (Wildman–Crippen MR) is 89.7 cm³/mol. The molecule has 1 aliphatic rings. The van der Waals surface area contributed by atoms with Crippen LogP contribution >= 0.6 is 11.6 Å². The van der Waals surface area contributed by atoms with E-state index < -0.39 is 0 Å². The molecular formula is C17H17ClN2O3. The van der Waals surface area contributed by atoms with Crippen LogP contribution in [0.3, 0.4) is 0 Å². The lowest BCUT2D eigenvalue weighted by atomic mass is 9.98. The second-order valence-electron chi connectivity index (χ2n) is 5.21. The van der Waals surface area contributed by atoms with E-state index in [1.54, 1.807) is 32.4 Å². The van der Waals surface area contributed by atoms with Crippen LogP contribution in [0.25, 0.3) is 0 Å². The van der Waals surface area contributed by atoms with Crippen molar-refractivity contribution in [3.05, 3.63) is 52.5 Å². The summed E-state index contributed by atoms with van der Waals surface area (Å²) in [6.07, 6.45) is 0.622. The summed E-state index contributed by atoms with van der Waals surface area (Å²) in [6.45, 7) is 0. The highest BCUT2D eigenvalue weighted by Gasteiger charge is 2.25. The van der Waals surface area contributed by atoms with Gasteiger partial charge in [-0.25, -0.2) is 0 Å². The number of halogens is 1. The average molecular weight is 333 g/mol. The van der Waals surface area contributed by atoms with Gasteiger partial charge in [-0.15, -0.1) is 0 Å². The van der Waals surface area contributed by atoms with E-state index in [9.17, 15) is 5.11 Å². The molecule has 1 atom stereocenters. The highest BCUT2D eigenvalue weighted by atomic mass is 35.5. The molecule has 5 nitrogen and oxygen atoms in total. The Morgan fingerprint density at radius 3 is 2.74 bits per heavy atom. The number of phenols is 1. The zero-order chi connectivity index (χ0) is 16.4. The summed E-state index contributed by atoms with van der Waals surface area (Å²) >= 11 is 6.01. The Morgan fingerprint density at radius 2 is 2.00 bits per heavy atom. The zero-order valence-electron chi connectivity index (χ0n) is 12.8. The standard InChI is InChI=1S/C17H17ClN2O3/c1-22-11-4-5-12(17(8-11)23-2)14-9-15(20-19-14)13-7-10(18)3-6-16(13)21/h3-8,14,19,21H,9H2,1-2H3/t14-/m1/s1. The topological polar surface area (TPSA) is 63.1 Å². The number of hydrazone groups is 1. The molecule has 2 aromatic rings. The third-order valence-corrected chi connectivity index (χ3v) is 4.07. The van der Waals surface area contributed by atoms with Gasteiger partial charge in [0.1, 0.15) is 17.2 Å². The highest BCUT2D eigenvalue weighted by molar-refractivity contribution is 6.31. The molecule has 0 spiro atoms. The maximum Gasteiger partial charge on any atom is 0.127 e. The summed E-state index contributed by atoms with van der Waals surface area (Å²) in [4.78, 5) is 0. The minimum absolute atomic E-state index is 0.0377. The summed E-state index contributed by atoms with van der Waals surface area (Å²) in [5.74, 6) is 1.63. The summed E-state index contributed by atoms with van der Waals surface area (Å²) in [6, 6.07) is 10.6. The van der Waals surface area contributed by atoms with E-state index in [0.29, 0.717) is 17.0 Å². The summed E-state index contributed by atoms with van der Waals surface area (Å²) in [5, 5.41) is 14.9. The van der Waals surface area contributed by atoms with Crippen LogP contribution in [0.5, 0.6) is 17.2 Å². The molecule has 0 aromatic heterocycles. The van der Waals surface area contributed by atoms with E-state index in [1.165, 1.54) is 0 Å². The molecule has 2 N–H and O–H groups in total. The molecule has 0 amide bonds. The van der Waals surface area contributed by atoms with Crippen molar-refractivity contribution in [2.75, 3.05) is 14.2 Å². The van der Waals surface area contributed by atoms with E-state index in [-0.39, 0.29) is 11.8 Å². The number of aromatic hydroxyl groups is 1. The number of ether oxygens (including phenoxy) is 2. The summed E-state index contributed by atoms with van der Waals surface area (Å²) < 4.78 is 10.7. The molecule has 0 unspecified atom stereocenters. The first-order valence-electron chi connectivity index (χ1n) is 7.15. The molecule has 0 fully saturated rings. The molecular weight excluding hydrogens is 316 g/mol. The van der Waals surface area contributed by atoms with Crippen LogP contribution in [0.1, 0.15) is 23.6 Å². The van der Waals surface area contributed by atoms with Crippen molar-refractivity contribution in [2.45, 2.75) is 12.5 Å². The molecule has 23 heavy (non-hydrogen) atoms.